The lowest BCUT2D eigenvalue weighted by atomic mass is 10.00. The Bertz CT molecular complexity index is 3910. The first-order chi connectivity index (χ1) is 29.7. The fourth-order valence-corrected chi connectivity index (χ4v) is 9.36. The van der Waals surface area contributed by atoms with E-state index in [1.165, 1.54) is 37.7 Å². The van der Waals surface area contributed by atoms with Gasteiger partial charge in [0, 0.05) is 38.2 Å². The van der Waals surface area contributed by atoms with Crippen LogP contribution in [0.4, 0.5) is 0 Å². The zero-order valence-corrected chi connectivity index (χ0v) is 32.2. The smallest absolute Gasteiger partial charge is 0.166 e. The fourth-order valence-electron chi connectivity index (χ4n) is 9.36. The third-order valence-corrected chi connectivity index (χ3v) is 12.2. The summed E-state index contributed by atoms with van der Waals surface area (Å²) in [6.07, 6.45) is 0. The average Bonchev–Trinajstić information content (AvgIpc) is 3.84. The van der Waals surface area contributed by atoms with Gasteiger partial charge >= 0.3 is 0 Å². The molecule has 0 saturated heterocycles. The molecule has 3 heterocycles. The molecule has 278 valence electrons. The highest BCUT2D eigenvalue weighted by molar-refractivity contribution is 6.15. The molecule has 13 rings (SSSR count). The van der Waals surface area contributed by atoms with Crippen molar-refractivity contribution < 1.29 is 4.42 Å². The van der Waals surface area contributed by atoms with Crippen molar-refractivity contribution in [2.75, 3.05) is 0 Å². The summed E-state index contributed by atoms with van der Waals surface area (Å²) in [6.45, 7) is 0. The molecule has 0 spiro atoms. The third-order valence-electron chi connectivity index (χ3n) is 12.2. The zero-order valence-electron chi connectivity index (χ0n) is 32.2. The van der Waals surface area contributed by atoms with E-state index in [0.29, 0.717) is 17.5 Å². The fraction of sp³-hybridized carbons (Fsp3) is 0. The average molecular weight is 765 g/mol. The van der Waals surface area contributed by atoms with Gasteiger partial charge in [-0.15, -0.1) is 0 Å². The van der Waals surface area contributed by atoms with Gasteiger partial charge in [-0.3, -0.25) is 0 Å². The first-order valence-electron chi connectivity index (χ1n) is 20.3. The molecule has 13 aromatic rings. The van der Waals surface area contributed by atoms with E-state index in [4.69, 9.17) is 19.4 Å². The standard InChI is InChI=1S/C55H32N4O/c1-2-15-36-30-49-45(29-35(36)14-1)42-19-7-9-22-48(42)59(49)50-31-46-43-20-8-10-23-51(43)60-52(46)32-47(50)55-57-53(56-54(58-55)44-21-11-16-33-12-3-6-18-40(33)44)38-26-27-41-37(28-38)25-24-34-13-4-5-17-39(34)41/h1-32H. The molecule has 0 fully saturated rings. The minimum Gasteiger partial charge on any atom is -0.456 e. The van der Waals surface area contributed by atoms with Gasteiger partial charge in [0.2, 0.25) is 0 Å². The summed E-state index contributed by atoms with van der Waals surface area (Å²) < 4.78 is 8.99. The van der Waals surface area contributed by atoms with E-state index in [2.05, 4.69) is 187 Å². The number of para-hydroxylation sites is 2. The quantitative estimate of drug-likeness (QED) is 0.167. The van der Waals surface area contributed by atoms with E-state index in [1.807, 2.05) is 12.1 Å². The largest absolute Gasteiger partial charge is 0.456 e. The predicted octanol–water partition coefficient (Wildman–Crippen LogP) is 14.5. The van der Waals surface area contributed by atoms with E-state index >= 15 is 0 Å². The summed E-state index contributed by atoms with van der Waals surface area (Å²) in [6, 6.07) is 68.7. The van der Waals surface area contributed by atoms with E-state index < -0.39 is 0 Å². The molecule has 0 radical (unpaired) electrons. The minimum atomic E-state index is 0.561. The molecule has 0 unspecified atom stereocenters. The summed E-state index contributed by atoms with van der Waals surface area (Å²) in [7, 11) is 0. The van der Waals surface area contributed by atoms with Crippen molar-refractivity contribution in [2.45, 2.75) is 0 Å². The third kappa shape index (κ3) is 4.96. The summed E-state index contributed by atoms with van der Waals surface area (Å²) in [5, 5.41) is 13.8. The van der Waals surface area contributed by atoms with Crippen molar-refractivity contribution >= 4 is 86.8 Å². The van der Waals surface area contributed by atoms with E-state index in [0.717, 1.165) is 71.5 Å². The number of fused-ring (bicyclic) bond motifs is 11. The maximum Gasteiger partial charge on any atom is 0.166 e. The summed E-state index contributed by atoms with van der Waals surface area (Å²) in [5.41, 5.74) is 7.47. The van der Waals surface area contributed by atoms with Crippen LogP contribution >= 0.6 is 0 Å². The first-order valence-corrected chi connectivity index (χ1v) is 20.3. The summed E-state index contributed by atoms with van der Waals surface area (Å²) in [4.78, 5) is 16.1. The van der Waals surface area contributed by atoms with Crippen molar-refractivity contribution in [1.82, 2.24) is 19.5 Å². The van der Waals surface area contributed by atoms with Crippen LogP contribution < -0.4 is 0 Å². The molecule has 0 bridgehead atoms. The van der Waals surface area contributed by atoms with Gasteiger partial charge in [0.05, 0.1) is 16.7 Å². The Kier molecular flexibility index (Phi) is 6.95. The highest BCUT2D eigenvalue weighted by atomic mass is 16.3. The van der Waals surface area contributed by atoms with Crippen LogP contribution in [0, 0.1) is 0 Å². The first kappa shape index (κ1) is 32.9. The van der Waals surface area contributed by atoms with Gasteiger partial charge in [-0.2, -0.15) is 0 Å². The second-order valence-corrected chi connectivity index (χ2v) is 15.6. The van der Waals surface area contributed by atoms with E-state index in [-0.39, 0.29) is 0 Å². The van der Waals surface area contributed by atoms with Crippen LogP contribution in [-0.2, 0) is 0 Å². The molecule has 0 saturated carbocycles. The molecule has 0 aliphatic heterocycles. The van der Waals surface area contributed by atoms with Gasteiger partial charge in [0.25, 0.3) is 0 Å². The number of rotatable bonds is 4. The van der Waals surface area contributed by atoms with Crippen molar-refractivity contribution in [1.29, 1.82) is 0 Å². The molecule has 0 aliphatic rings. The van der Waals surface area contributed by atoms with Crippen molar-refractivity contribution in [3.8, 4) is 39.9 Å². The highest BCUT2D eigenvalue weighted by Gasteiger charge is 2.23. The number of benzene rings is 10. The van der Waals surface area contributed by atoms with Crippen LogP contribution in [0.3, 0.4) is 0 Å². The topological polar surface area (TPSA) is 56.7 Å². The molecule has 60 heavy (non-hydrogen) atoms. The molecule has 3 aromatic heterocycles. The molecule has 5 nitrogen and oxygen atoms in total. The van der Waals surface area contributed by atoms with Crippen LogP contribution in [0.2, 0.25) is 0 Å². The number of hydrogen-bond acceptors (Lipinski definition) is 4. The van der Waals surface area contributed by atoms with Crippen LogP contribution in [0.15, 0.2) is 199 Å². The van der Waals surface area contributed by atoms with Crippen LogP contribution in [-0.4, -0.2) is 19.5 Å². The monoisotopic (exact) mass is 764 g/mol. The molecule has 0 aliphatic carbocycles. The maximum atomic E-state index is 6.61. The van der Waals surface area contributed by atoms with Crippen molar-refractivity contribution in [3.63, 3.8) is 0 Å². The maximum absolute atomic E-state index is 6.61. The highest BCUT2D eigenvalue weighted by Crippen LogP contribution is 2.42. The van der Waals surface area contributed by atoms with Crippen LogP contribution in [0.25, 0.3) is 127 Å². The number of nitrogens with zero attached hydrogens (tertiary/aromatic N) is 4. The molecule has 0 N–H and O–H groups in total. The Labute approximate surface area is 343 Å². The molecule has 0 amide bonds. The normalized spacial score (nSPS) is 12.0. The minimum absolute atomic E-state index is 0.561. The van der Waals surface area contributed by atoms with Crippen LogP contribution in [0.5, 0.6) is 0 Å². The molecule has 10 aromatic carbocycles. The van der Waals surface area contributed by atoms with Crippen LogP contribution in [0.1, 0.15) is 0 Å². The van der Waals surface area contributed by atoms with Crippen molar-refractivity contribution in [2.24, 2.45) is 0 Å². The van der Waals surface area contributed by atoms with E-state index in [9.17, 15) is 0 Å². The Balaban J connectivity index is 1.14. The number of hydrogen-bond donors (Lipinski definition) is 0. The van der Waals surface area contributed by atoms with Gasteiger partial charge < -0.3 is 8.98 Å². The molecule has 5 heteroatoms. The van der Waals surface area contributed by atoms with Crippen molar-refractivity contribution in [3.05, 3.63) is 194 Å². The lowest BCUT2D eigenvalue weighted by Gasteiger charge is -2.16. The van der Waals surface area contributed by atoms with Gasteiger partial charge in [-0.25, -0.2) is 15.0 Å². The number of furan rings is 1. The Morgan fingerprint density at radius 3 is 1.78 bits per heavy atom. The Morgan fingerprint density at radius 1 is 0.317 bits per heavy atom. The SMILES string of the molecule is c1ccc2cc3c(cc2c1)c1ccccc1n3-c1cc2c(cc1-c1nc(-c3ccc4c(ccc5ccccc54)c3)nc(-c3cccc4ccccc34)n1)oc1ccccc12. The van der Waals surface area contributed by atoms with Gasteiger partial charge in [0.1, 0.15) is 11.2 Å². The number of aromatic nitrogens is 4. The Morgan fingerprint density at radius 2 is 0.933 bits per heavy atom. The summed E-state index contributed by atoms with van der Waals surface area (Å²) in [5.74, 6) is 1.77. The lowest BCUT2D eigenvalue weighted by molar-refractivity contribution is 0.669. The van der Waals surface area contributed by atoms with Gasteiger partial charge in [0.15, 0.2) is 17.5 Å². The lowest BCUT2D eigenvalue weighted by Crippen LogP contribution is -2.04. The predicted molar refractivity (Wildman–Crippen MR) is 248 cm³/mol. The second-order valence-electron chi connectivity index (χ2n) is 15.6. The molecular formula is C55H32N4O. The van der Waals surface area contributed by atoms with E-state index in [1.54, 1.807) is 0 Å². The van der Waals surface area contributed by atoms with Gasteiger partial charge in [-0.1, -0.05) is 152 Å². The molecule has 0 atom stereocenters. The zero-order chi connectivity index (χ0) is 39.3. The molecular weight excluding hydrogens is 733 g/mol. The Hall–Kier alpha value is -8.15. The van der Waals surface area contributed by atoms with Gasteiger partial charge in [-0.05, 0) is 85.6 Å². The second kappa shape index (κ2) is 12.7. The summed E-state index contributed by atoms with van der Waals surface area (Å²) >= 11 is 0.